The first-order chi connectivity index (χ1) is 5.81. The molecule has 0 saturated heterocycles. The fraction of sp³-hybridized carbons (Fsp3) is 0.750. The van der Waals surface area contributed by atoms with Crippen LogP contribution in [0.15, 0.2) is 0 Å². The molecule has 0 aromatic rings. The zero-order valence-electron chi connectivity index (χ0n) is 8.25. The second kappa shape index (κ2) is 4.69. The Hall–Kier alpha value is -1.26. The summed E-state index contributed by atoms with van der Waals surface area (Å²) in [5, 5.41) is 0. The van der Waals surface area contributed by atoms with Crippen molar-refractivity contribution in [2.24, 2.45) is 0 Å². The smallest absolute Gasteiger partial charge is 0.428 e. The van der Waals surface area contributed by atoms with Gasteiger partial charge in [0.25, 0.3) is 0 Å². The lowest BCUT2D eigenvalue weighted by atomic mass is 10.2. The maximum absolute atomic E-state index is 10.8. The van der Waals surface area contributed by atoms with Gasteiger partial charge in [0, 0.05) is 6.92 Å². The van der Waals surface area contributed by atoms with Gasteiger partial charge >= 0.3 is 12.1 Å². The van der Waals surface area contributed by atoms with Gasteiger partial charge in [0.1, 0.15) is 5.60 Å². The van der Waals surface area contributed by atoms with Gasteiger partial charge in [0.2, 0.25) is 6.79 Å². The Balaban J connectivity index is 3.59. The third-order valence-corrected chi connectivity index (χ3v) is 0.828. The highest BCUT2D eigenvalue weighted by Gasteiger charge is 2.17. The third-order valence-electron chi connectivity index (χ3n) is 0.828. The minimum atomic E-state index is -0.853. The Kier molecular flexibility index (Phi) is 4.23. The molecule has 0 radical (unpaired) electrons. The number of carbonyl (C=O) groups is 2. The van der Waals surface area contributed by atoms with Crippen molar-refractivity contribution in [1.82, 2.24) is 0 Å². The Morgan fingerprint density at radius 1 is 1.15 bits per heavy atom. The fourth-order valence-electron chi connectivity index (χ4n) is 0.440. The summed E-state index contributed by atoms with van der Waals surface area (Å²) in [5.41, 5.74) is -0.604. The SMILES string of the molecule is CC(=O)OCOC(=O)OC(C)(C)C. The van der Waals surface area contributed by atoms with Crippen LogP contribution in [-0.4, -0.2) is 24.5 Å². The van der Waals surface area contributed by atoms with Crippen LogP contribution in [0.1, 0.15) is 27.7 Å². The van der Waals surface area contributed by atoms with E-state index in [9.17, 15) is 9.59 Å². The normalized spacial score (nSPS) is 10.5. The molecule has 0 aliphatic rings. The van der Waals surface area contributed by atoms with Crippen molar-refractivity contribution in [1.29, 1.82) is 0 Å². The molecule has 5 nitrogen and oxygen atoms in total. The van der Waals surface area contributed by atoms with E-state index in [0.717, 1.165) is 0 Å². The van der Waals surface area contributed by atoms with Crippen molar-refractivity contribution < 1.29 is 23.8 Å². The summed E-state index contributed by atoms with van der Waals surface area (Å²) in [6.45, 7) is 5.93. The molecule has 0 amide bonds. The summed E-state index contributed by atoms with van der Waals surface area (Å²) >= 11 is 0. The molecular formula is C8H14O5. The average molecular weight is 190 g/mol. The summed E-state index contributed by atoms with van der Waals surface area (Å²) in [7, 11) is 0. The first-order valence-corrected chi connectivity index (χ1v) is 3.80. The molecule has 0 bridgehead atoms. The number of hydrogen-bond donors (Lipinski definition) is 0. The quantitative estimate of drug-likeness (QED) is 0.487. The molecule has 0 N–H and O–H groups in total. The molecule has 0 aromatic heterocycles. The highest BCUT2D eigenvalue weighted by molar-refractivity contribution is 5.66. The number of carbonyl (C=O) groups excluding carboxylic acids is 2. The predicted molar refractivity (Wildman–Crippen MR) is 44.0 cm³/mol. The monoisotopic (exact) mass is 190 g/mol. The molecule has 0 aromatic carbocycles. The zero-order chi connectivity index (χ0) is 10.5. The number of hydrogen-bond acceptors (Lipinski definition) is 5. The van der Waals surface area contributed by atoms with Crippen molar-refractivity contribution in [3.8, 4) is 0 Å². The minimum absolute atomic E-state index is 0.412. The highest BCUT2D eigenvalue weighted by Crippen LogP contribution is 2.07. The molecule has 0 aliphatic heterocycles. The van der Waals surface area contributed by atoms with E-state index >= 15 is 0 Å². The Morgan fingerprint density at radius 2 is 1.69 bits per heavy atom. The van der Waals surface area contributed by atoms with Crippen molar-refractivity contribution in [2.45, 2.75) is 33.3 Å². The zero-order valence-corrected chi connectivity index (χ0v) is 8.25. The van der Waals surface area contributed by atoms with E-state index in [1.807, 2.05) is 0 Å². The van der Waals surface area contributed by atoms with E-state index < -0.39 is 24.5 Å². The van der Waals surface area contributed by atoms with E-state index in [4.69, 9.17) is 4.74 Å². The van der Waals surface area contributed by atoms with E-state index in [1.165, 1.54) is 6.92 Å². The molecule has 76 valence electrons. The van der Waals surface area contributed by atoms with Gasteiger partial charge in [-0.25, -0.2) is 4.79 Å². The van der Waals surface area contributed by atoms with Crippen LogP contribution in [0.4, 0.5) is 4.79 Å². The van der Waals surface area contributed by atoms with Crippen LogP contribution >= 0.6 is 0 Å². The molecule has 0 heterocycles. The summed E-state index contributed by atoms with van der Waals surface area (Å²) < 4.78 is 13.6. The maximum Gasteiger partial charge on any atom is 0.511 e. The Labute approximate surface area is 77.0 Å². The first kappa shape index (κ1) is 11.7. The maximum atomic E-state index is 10.8. The van der Waals surface area contributed by atoms with Gasteiger partial charge in [-0.15, -0.1) is 0 Å². The van der Waals surface area contributed by atoms with Crippen LogP contribution in [0.2, 0.25) is 0 Å². The molecule has 0 aliphatic carbocycles. The second-order valence-electron chi connectivity index (χ2n) is 3.36. The van der Waals surface area contributed by atoms with Crippen molar-refractivity contribution in [2.75, 3.05) is 6.79 Å². The van der Waals surface area contributed by atoms with Gasteiger partial charge in [0.05, 0.1) is 0 Å². The first-order valence-electron chi connectivity index (χ1n) is 3.80. The summed E-state index contributed by atoms with van der Waals surface area (Å²) in [5.74, 6) is -0.511. The lowest BCUT2D eigenvalue weighted by molar-refractivity contribution is -0.151. The predicted octanol–water partition coefficient (Wildman–Crippen LogP) is 1.46. The minimum Gasteiger partial charge on any atom is -0.428 e. The van der Waals surface area contributed by atoms with Gasteiger partial charge in [-0.05, 0) is 20.8 Å². The van der Waals surface area contributed by atoms with E-state index in [1.54, 1.807) is 20.8 Å². The number of esters is 1. The molecule has 0 atom stereocenters. The van der Waals surface area contributed by atoms with Crippen LogP contribution in [-0.2, 0) is 19.0 Å². The summed E-state index contributed by atoms with van der Waals surface area (Å²) in [6.07, 6.45) is -0.853. The highest BCUT2D eigenvalue weighted by atomic mass is 16.8. The molecule has 5 heteroatoms. The van der Waals surface area contributed by atoms with E-state index in [2.05, 4.69) is 9.47 Å². The van der Waals surface area contributed by atoms with Crippen LogP contribution in [0.3, 0.4) is 0 Å². The average Bonchev–Trinajstić information content (AvgIpc) is 1.81. The number of rotatable bonds is 2. The van der Waals surface area contributed by atoms with E-state index in [-0.39, 0.29) is 0 Å². The lowest BCUT2D eigenvalue weighted by Crippen LogP contribution is -2.25. The molecule has 0 rings (SSSR count). The topological polar surface area (TPSA) is 61.8 Å². The molecular weight excluding hydrogens is 176 g/mol. The van der Waals surface area contributed by atoms with Gasteiger partial charge in [-0.3, -0.25) is 4.79 Å². The van der Waals surface area contributed by atoms with Crippen molar-refractivity contribution in [3.63, 3.8) is 0 Å². The van der Waals surface area contributed by atoms with Crippen LogP contribution < -0.4 is 0 Å². The van der Waals surface area contributed by atoms with Crippen LogP contribution in [0, 0.1) is 0 Å². The Bertz CT molecular complexity index is 191. The van der Waals surface area contributed by atoms with Crippen molar-refractivity contribution >= 4 is 12.1 Å². The van der Waals surface area contributed by atoms with E-state index in [0.29, 0.717) is 0 Å². The van der Waals surface area contributed by atoms with Gasteiger partial charge in [-0.2, -0.15) is 0 Å². The third kappa shape index (κ3) is 8.65. The molecule has 13 heavy (non-hydrogen) atoms. The van der Waals surface area contributed by atoms with Crippen molar-refractivity contribution in [3.05, 3.63) is 0 Å². The number of ether oxygens (including phenoxy) is 3. The standard InChI is InChI=1S/C8H14O5/c1-6(9)11-5-12-7(10)13-8(2,3)4/h5H2,1-4H3. The van der Waals surface area contributed by atoms with Crippen LogP contribution in [0.5, 0.6) is 0 Å². The van der Waals surface area contributed by atoms with Gasteiger partial charge in [0.15, 0.2) is 0 Å². The molecule has 0 unspecified atom stereocenters. The lowest BCUT2D eigenvalue weighted by Gasteiger charge is -2.18. The Morgan fingerprint density at radius 3 is 2.08 bits per heavy atom. The summed E-state index contributed by atoms with van der Waals surface area (Å²) in [6, 6.07) is 0. The largest absolute Gasteiger partial charge is 0.511 e. The molecule has 0 saturated carbocycles. The molecule has 0 spiro atoms. The second-order valence-corrected chi connectivity index (χ2v) is 3.36. The van der Waals surface area contributed by atoms with Gasteiger partial charge < -0.3 is 14.2 Å². The van der Waals surface area contributed by atoms with Gasteiger partial charge in [-0.1, -0.05) is 0 Å². The summed E-state index contributed by atoms with van der Waals surface area (Å²) in [4.78, 5) is 21.1. The van der Waals surface area contributed by atoms with Crippen LogP contribution in [0.25, 0.3) is 0 Å². The molecule has 0 fully saturated rings. The fourth-order valence-corrected chi connectivity index (χ4v) is 0.440.